The van der Waals surface area contributed by atoms with Crippen molar-refractivity contribution in [2.45, 2.75) is 6.54 Å². The molecule has 0 heterocycles. The molecule has 5 heteroatoms. The third-order valence-electron chi connectivity index (χ3n) is 2.61. The van der Waals surface area contributed by atoms with Gasteiger partial charge in [-0.25, -0.2) is 4.39 Å². The van der Waals surface area contributed by atoms with E-state index in [2.05, 4.69) is 15.9 Å². The molecular formula is C13H9BrCl2FN. The molecule has 0 aliphatic carbocycles. The summed E-state index contributed by atoms with van der Waals surface area (Å²) in [6.07, 6.45) is 0. The van der Waals surface area contributed by atoms with Crippen molar-refractivity contribution < 1.29 is 4.39 Å². The zero-order valence-electron chi connectivity index (χ0n) is 9.18. The van der Waals surface area contributed by atoms with Gasteiger partial charge >= 0.3 is 0 Å². The fourth-order valence-electron chi connectivity index (χ4n) is 1.65. The molecule has 0 fully saturated rings. The Hall–Kier alpha value is -0.610. The molecule has 0 spiro atoms. The van der Waals surface area contributed by atoms with E-state index in [1.807, 2.05) is 0 Å². The second-order valence-electron chi connectivity index (χ2n) is 3.73. The van der Waals surface area contributed by atoms with Gasteiger partial charge in [0, 0.05) is 21.6 Å². The van der Waals surface area contributed by atoms with Gasteiger partial charge in [-0.05, 0) is 45.3 Å². The Kier molecular flexibility index (Phi) is 4.28. The van der Waals surface area contributed by atoms with Gasteiger partial charge in [-0.1, -0.05) is 35.3 Å². The van der Waals surface area contributed by atoms with E-state index in [0.29, 0.717) is 27.2 Å². The van der Waals surface area contributed by atoms with E-state index in [0.717, 1.165) is 5.56 Å². The summed E-state index contributed by atoms with van der Waals surface area (Å²) in [6, 6.07) is 8.58. The van der Waals surface area contributed by atoms with Crippen molar-refractivity contribution >= 4 is 39.1 Å². The smallest absolute Gasteiger partial charge is 0.150 e. The van der Waals surface area contributed by atoms with Gasteiger partial charge in [0.15, 0.2) is 5.82 Å². The molecule has 94 valence electrons. The summed E-state index contributed by atoms with van der Waals surface area (Å²) < 4.78 is 14.6. The summed E-state index contributed by atoms with van der Waals surface area (Å²) in [4.78, 5) is 0. The van der Waals surface area contributed by atoms with Gasteiger partial charge in [-0.3, -0.25) is 0 Å². The lowest BCUT2D eigenvalue weighted by Crippen LogP contribution is -1.98. The van der Waals surface area contributed by atoms with Crippen LogP contribution in [0, 0.1) is 5.82 Å². The average Bonchev–Trinajstić information content (AvgIpc) is 2.37. The lowest BCUT2D eigenvalue weighted by molar-refractivity contribution is 0.631. The van der Waals surface area contributed by atoms with Gasteiger partial charge in [0.2, 0.25) is 0 Å². The van der Waals surface area contributed by atoms with Gasteiger partial charge in [-0.2, -0.15) is 0 Å². The fraction of sp³-hybridized carbons (Fsp3) is 0.0769. The molecule has 2 aromatic rings. The first-order valence-corrected chi connectivity index (χ1v) is 6.72. The molecule has 0 bridgehead atoms. The second kappa shape index (κ2) is 5.57. The predicted molar refractivity (Wildman–Crippen MR) is 77.4 cm³/mol. The molecule has 2 aromatic carbocycles. The third-order valence-corrected chi connectivity index (χ3v) is 4.24. The van der Waals surface area contributed by atoms with Crippen molar-refractivity contribution in [3.63, 3.8) is 0 Å². The van der Waals surface area contributed by atoms with Crippen LogP contribution in [0.25, 0.3) is 11.1 Å². The summed E-state index contributed by atoms with van der Waals surface area (Å²) in [5, 5.41) is 0.640. The van der Waals surface area contributed by atoms with Crippen molar-refractivity contribution in [2.24, 2.45) is 5.73 Å². The Morgan fingerprint density at radius 1 is 1.17 bits per heavy atom. The Bertz CT molecular complexity index is 602. The summed E-state index contributed by atoms with van der Waals surface area (Å²) >= 11 is 15.0. The van der Waals surface area contributed by atoms with Gasteiger partial charge in [0.25, 0.3) is 0 Å². The number of hydrogen-bond acceptors (Lipinski definition) is 1. The van der Waals surface area contributed by atoms with Crippen LogP contribution in [-0.4, -0.2) is 0 Å². The Morgan fingerprint density at radius 3 is 2.56 bits per heavy atom. The molecule has 0 aromatic heterocycles. The molecule has 0 saturated heterocycles. The molecule has 1 nitrogen and oxygen atoms in total. The van der Waals surface area contributed by atoms with Gasteiger partial charge in [0.05, 0.1) is 5.02 Å². The van der Waals surface area contributed by atoms with E-state index in [-0.39, 0.29) is 5.02 Å². The van der Waals surface area contributed by atoms with Crippen LogP contribution in [0.4, 0.5) is 4.39 Å². The van der Waals surface area contributed by atoms with E-state index < -0.39 is 5.82 Å². The van der Waals surface area contributed by atoms with Crippen LogP contribution >= 0.6 is 39.1 Å². The van der Waals surface area contributed by atoms with Gasteiger partial charge in [0.1, 0.15) is 0 Å². The minimum absolute atomic E-state index is 0.0664. The van der Waals surface area contributed by atoms with Crippen molar-refractivity contribution in [3.05, 3.63) is 56.2 Å². The molecule has 18 heavy (non-hydrogen) atoms. The van der Waals surface area contributed by atoms with Crippen LogP contribution in [0.5, 0.6) is 0 Å². The molecule has 0 atom stereocenters. The van der Waals surface area contributed by atoms with E-state index >= 15 is 0 Å². The van der Waals surface area contributed by atoms with Crippen molar-refractivity contribution in [1.82, 2.24) is 0 Å². The maximum absolute atomic E-state index is 14.1. The molecular weight excluding hydrogens is 340 g/mol. The minimum Gasteiger partial charge on any atom is -0.326 e. The summed E-state index contributed by atoms with van der Waals surface area (Å²) in [5.41, 5.74) is 7.48. The number of rotatable bonds is 2. The zero-order valence-corrected chi connectivity index (χ0v) is 12.3. The highest BCUT2D eigenvalue weighted by Crippen LogP contribution is 2.34. The average molecular weight is 349 g/mol. The van der Waals surface area contributed by atoms with Crippen LogP contribution < -0.4 is 5.73 Å². The SMILES string of the molecule is NCc1cc(-c2ccc(Br)c(Cl)c2F)ccc1Cl. The highest BCUT2D eigenvalue weighted by atomic mass is 79.9. The lowest BCUT2D eigenvalue weighted by Gasteiger charge is -2.09. The predicted octanol–water partition coefficient (Wildman–Crippen LogP) is 5.02. The largest absolute Gasteiger partial charge is 0.326 e. The van der Waals surface area contributed by atoms with Gasteiger partial charge < -0.3 is 5.73 Å². The van der Waals surface area contributed by atoms with Crippen LogP contribution in [-0.2, 0) is 6.54 Å². The molecule has 0 unspecified atom stereocenters. The molecule has 0 radical (unpaired) electrons. The Balaban J connectivity index is 2.59. The second-order valence-corrected chi connectivity index (χ2v) is 5.37. The monoisotopic (exact) mass is 347 g/mol. The zero-order chi connectivity index (χ0) is 13.3. The topological polar surface area (TPSA) is 26.0 Å². The van der Waals surface area contributed by atoms with Crippen LogP contribution in [0.2, 0.25) is 10.0 Å². The van der Waals surface area contributed by atoms with E-state index in [4.69, 9.17) is 28.9 Å². The first-order chi connectivity index (χ1) is 8.54. The highest BCUT2D eigenvalue weighted by molar-refractivity contribution is 9.10. The van der Waals surface area contributed by atoms with Crippen LogP contribution in [0.1, 0.15) is 5.56 Å². The molecule has 2 rings (SSSR count). The first kappa shape index (κ1) is 13.8. The van der Waals surface area contributed by atoms with E-state index in [9.17, 15) is 4.39 Å². The first-order valence-electron chi connectivity index (χ1n) is 5.17. The quantitative estimate of drug-likeness (QED) is 0.757. The number of hydrogen-bond donors (Lipinski definition) is 1. The van der Waals surface area contributed by atoms with Crippen molar-refractivity contribution in [3.8, 4) is 11.1 Å². The van der Waals surface area contributed by atoms with E-state index in [1.165, 1.54) is 0 Å². The molecule has 0 aliphatic rings. The standard InChI is InChI=1S/C13H9BrCl2FN/c14-10-3-2-9(13(17)12(10)16)7-1-4-11(15)8(5-7)6-18/h1-5H,6,18H2. The normalized spacial score (nSPS) is 10.7. The summed E-state index contributed by atoms with van der Waals surface area (Å²) in [7, 11) is 0. The van der Waals surface area contributed by atoms with E-state index in [1.54, 1.807) is 30.3 Å². The lowest BCUT2D eigenvalue weighted by atomic mass is 10.0. The van der Waals surface area contributed by atoms with Crippen molar-refractivity contribution in [2.75, 3.05) is 0 Å². The Labute approximate surface area is 123 Å². The fourth-order valence-corrected chi connectivity index (χ4v) is 2.31. The number of nitrogens with two attached hydrogens (primary N) is 1. The minimum atomic E-state index is -0.462. The maximum atomic E-state index is 14.1. The van der Waals surface area contributed by atoms with Crippen LogP contribution in [0.15, 0.2) is 34.8 Å². The molecule has 0 aliphatic heterocycles. The summed E-state index contributed by atoms with van der Waals surface area (Å²) in [6.45, 7) is 0.304. The molecule has 0 saturated carbocycles. The third kappa shape index (κ3) is 2.54. The summed E-state index contributed by atoms with van der Waals surface area (Å²) in [5.74, 6) is -0.462. The molecule has 2 N–H and O–H groups in total. The molecule has 0 amide bonds. The Morgan fingerprint density at radius 2 is 1.89 bits per heavy atom. The maximum Gasteiger partial charge on any atom is 0.150 e. The van der Waals surface area contributed by atoms with Crippen molar-refractivity contribution in [1.29, 1.82) is 0 Å². The van der Waals surface area contributed by atoms with Crippen LogP contribution in [0.3, 0.4) is 0 Å². The number of benzene rings is 2. The number of halogens is 4. The highest BCUT2D eigenvalue weighted by Gasteiger charge is 2.12. The van der Waals surface area contributed by atoms with Gasteiger partial charge in [-0.15, -0.1) is 0 Å².